The van der Waals surface area contributed by atoms with E-state index in [0.717, 1.165) is 6.07 Å². The maximum Gasteiger partial charge on any atom is 0.431 e. The summed E-state index contributed by atoms with van der Waals surface area (Å²) in [7, 11) is -2.30. The van der Waals surface area contributed by atoms with E-state index in [1.165, 1.54) is 31.5 Å². The number of imidazole rings is 1. The molecule has 11 heteroatoms. The maximum atomic E-state index is 13.5. The van der Waals surface area contributed by atoms with Crippen molar-refractivity contribution < 1.29 is 21.6 Å². The molecular weight excluding hydrogens is 445 g/mol. The minimum Gasteiger partial charge on any atom is -0.321 e. The fraction of sp³-hybridized carbons (Fsp3) is 0.286. The molecule has 0 aliphatic heterocycles. The Kier molecular flexibility index (Phi) is 5.11. The third-order valence-electron chi connectivity index (χ3n) is 5.36. The fourth-order valence-corrected chi connectivity index (χ4v) is 4.78. The highest BCUT2D eigenvalue weighted by Gasteiger charge is 2.36. The van der Waals surface area contributed by atoms with Gasteiger partial charge in [-0.25, -0.2) is 18.4 Å². The zero-order valence-corrected chi connectivity index (χ0v) is 18.3. The second-order valence-corrected chi connectivity index (χ2v) is 9.48. The van der Waals surface area contributed by atoms with E-state index in [4.69, 9.17) is 0 Å². The van der Waals surface area contributed by atoms with E-state index in [0.29, 0.717) is 15.5 Å². The predicted octanol–water partition coefficient (Wildman–Crippen LogP) is 3.78. The maximum absolute atomic E-state index is 13.5. The minimum atomic E-state index is -4.75. The van der Waals surface area contributed by atoms with Crippen molar-refractivity contribution >= 4 is 31.8 Å². The van der Waals surface area contributed by atoms with E-state index in [1.54, 1.807) is 24.3 Å². The molecule has 0 saturated heterocycles. The molecule has 0 spiro atoms. The van der Waals surface area contributed by atoms with Crippen LogP contribution in [0.5, 0.6) is 0 Å². The molecular formula is C21H19F3N4O3S. The molecule has 0 saturated carbocycles. The molecule has 168 valence electrons. The molecule has 0 aliphatic carbocycles. The quantitative estimate of drug-likeness (QED) is 0.459. The second kappa shape index (κ2) is 7.44. The number of nitrogens with zero attached hydrogens (tertiary/aromatic N) is 4. The first-order valence-corrected chi connectivity index (χ1v) is 11.4. The van der Waals surface area contributed by atoms with Crippen LogP contribution in [0.15, 0.2) is 46.1 Å². The smallest absolute Gasteiger partial charge is 0.321 e. The summed E-state index contributed by atoms with van der Waals surface area (Å²) in [6.07, 6.45) is -4.75. The normalized spacial score (nSPS) is 12.7. The van der Waals surface area contributed by atoms with Crippen LogP contribution in [0, 0.1) is 0 Å². The molecule has 0 bridgehead atoms. The van der Waals surface area contributed by atoms with E-state index >= 15 is 0 Å². The van der Waals surface area contributed by atoms with E-state index < -0.39 is 27.3 Å². The molecule has 0 N–H and O–H groups in total. The van der Waals surface area contributed by atoms with Crippen molar-refractivity contribution in [3.63, 3.8) is 0 Å². The van der Waals surface area contributed by atoms with Crippen LogP contribution in [0.3, 0.4) is 0 Å². The molecule has 4 aromatic rings. The lowest BCUT2D eigenvalue weighted by molar-refractivity contribution is -0.144. The van der Waals surface area contributed by atoms with Gasteiger partial charge in [-0.05, 0) is 25.1 Å². The highest BCUT2D eigenvalue weighted by molar-refractivity contribution is 7.91. The van der Waals surface area contributed by atoms with Crippen molar-refractivity contribution in [2.45, 2.75) is 31.5 Å². The van der Waals surface area contributed by atoms with Gasteiger partial charge in [0.25, 0.3) is 5.56 Å². The number of sulfone groups is 1. The van der Waals surface area contributed by atoms with Gasteiger partial charge in [0.15, 0.2) is 15.7 Å². The fourth-order valence-electron chi connectivity index (χ4n) is 3.73. The monoisotopic (exact) mass is 464 g/mol. The average molecular weight is 464 g/mol. The van der Waals surface area contributed by atoms with Crippen LogP contribution < -0.4 is 5.56 Å². The van der Waals surface area contributed by atoms with Crippen LogP contribution in [0.25, 0.3) is 33.5 Å². The average Bonchev–Trinajstić information content (AvgIpc) is 3.08. The summed E-state index contributed by atoms with van der Waals surface area (Å²) in [6, 6.07) is 9.16. The van der Waals surface area contributed by atoms with Crippen LogP contribution >= 0.6 is 0 Å². The Morgan fingerprint density at radius 1 is 1.03 bits per heavy atom. The Bertz CT molecular complexity index is 1540. The standard InChI is InChI=1S/C21H19F3N4O3S/c1-4-28-16(21(22,23)24)11-14-18(20(28)29)27(3)19(26-14)17-15(32(30,31)5-2)10-12-8-6-7-9-13(12)25-17/h6-11H,4-5H2,1-3H3. The van der Waals surface area contributed by atoms with Gasteiger partial charge < -0.3 is 9.13 Å². The zero-order chi connectivity index (χ0) is 23.4. The van der Waals surface area contributed by atoms with Gasteiger partial charge in [-0.3, -0.25) is 4.79 Å². The number of fused-ring (bicyclic) bond motifs is 2. The number of halogens is 3. The number of aromatic nitrogens is 4. The number of aryl methyl sites for hydroxylation is 1. The second-order valence-electron chi connectivity index (χ2n) is 7.24. The summed E-state index contributed by atoms with van der Waals surface area (Å²) in [5.41, 5.74) is -1.75. The summed E-state index contributed by atoms with van der Waals surface area (Å²) >= 11 is 0. The SMILES string of the molecule is CCn1c(C(F)(F)F)cc2nc(-c3nc4ccccc4cc3S(=O)(=O)CC)n(C)c2c1=O. The van der Waals surface area contributed by atoms with Gasteiger partial charge in [-0.15, -0.1) is 0 Å². The lowest BCUT2D eigenvalue weighted by Crippen LogP contribution is -2.28. The van der Waals surface area contributed by atoms with Gasteiger partial charge in [0.2, 0.25) is 0 Å². The Hall–Kier alpha value is -3.21. The van der Waals surface area contributed by atoms with E-state index in [2.05, 4.69) is 9.97 Å². The van der Waals surface area contributed by atoms with Crippen LogP contribution in [0.1, 0.15) is 19.5 Å². The van der Waals surface area contributed by atoms with Crippen molar-refractivity contribution in [2.24, 2.45) is 7.05 Å². The summed E-state index contributed by atoms with van der Waals surface area (Å²) in [6.45, 7) is 2.74. The Balaban J connectivity index is 2.13. The van der Waals surface area contributed by atoms with Crippen molar-refractivity contribution in [1.82, 2.24) is 19.1 Å². The predicted molar refractivity (Wildman–Crippen MR) is 114 cm³/mol. The van der Waals surface area contributed by atoms with Gasteiger partial charge in [0, 0.05) is 19.0 Å². The first kappa shape index (κ1) is 22.0. The molecule has 4 rings (SSSR count). The number of rotatable bonds is 4. The van der Waals surface area contributed by atoms with Gasteiger partial charge >= 0.3 is 6.18 Å². The topological polar surface area (TPSA) is 86.8 Å². The van der Waals surface area contributed by atoms with Gasteiger partial charge in [0.1, 0.15) is 16.9 Å². The van der Waals surface area contributed by atoms with E-state index in [9.17, 15) is 26.4 Å². The lowest BCUT2D eigenvalue weighted by Gasteiger charge is -2.14. The first-order valence-electron chi connectivity index (χ1n) is 9.80. The lowest BCUT2D eigenvalue weighted by atomic mass is 10.2. The summed E-state index contributed by atoms with van der Waals surface area (Å²) < 4.78 is 68.2. The molecule has 3 aromatic heterocycles. The Labute approximate surface area is 181 Å². The molecule has 0 radical (unpaired) electrons. The molecule has 0 aliphatic rings. The molecule has 7 nitrogen and oxygen atoms in total. The zero-order valence-electron chi connectivity index (χ0n) is 17.4. The van der Waals surface area contributed by atoms with Crippen molar-refractivity contribution in [3.05, 3.63) is 52.4 Å². The van der Waals surface area contributed by atoms with E-state index in [-0.39, 0.29) is 39.7 Å². The van der Waals surface area contributed by atoms with E-state index in [1.807, 2.05) is 0 Å². The molecule has 0 fully saturated rings. The highest BCUT2D eigenvalue weighted by Crippen LogP contribution is 2.33. The summed E-state index contributed by atoms with van der Waals surface area (Å²) in [5, 5.41) is 0.592. The third kappa shape index (κ3) is 3.36. The molecule has 32 heavy (non-hydrogen) atoms. The third-order valence-corrected chi connectivity index (χ3v) is 7.10. The highest BCUT2D eigenvalue weighted by atomic mass is 32.2. The van der Waals surface area contributed by atoms with Crippen molar-refractivity contribution in [1.29, 1.82) is 0 Å². The molecule has 0 atom stereocenters. The molecule has 1 aromatic carbocycles. The van der Waals surface area contributed by atoms with Crippen molar-refractivity contribution in [3.8, 4) is 11.5 Å². The number of hydrogen-bond donors (Lipinski definition) is 0. The largest absolute Gasteiger partial charge is 0.431 e. The number of alkyl halides is 3. The Morgan fingerprint density at radius 2 is 1.72 bits per heavy atom. The van der Waals surface area contributed by atoms with Crippen LogP contribution in [0.4, 0.5) is 13.2 Å². The minimum absolute atomic E-state index is 0.00291. The van der Waals surface area contributed by atoms with Crippen molar-refractivity contribution in [2.75, 3.05) is 5.75 Å². The molecule has 0 amide bonds. The van der Waals surface area contributed by atoms with Crippen LogP contribution in [0.2, 0.25) is 0 Å². The van der Waals surface area contributed by atoms with Gasteiger partial charge in [-0.1, -0.05) is 25.1 Å². The Morgan fingerprint density at radius 3 is 2.34 bits per heavy atom. The van der Waals surface area contributed by atoms with Crippen LogP contribution in [-0.2, 0) is 29.6 Å². The molecule has 3 heterocycles. The van der Waals surface area contributed by atoms with Gasteiger partial charge in [0.05, 0.1) is 21.7 Å². The first-order chi connectivity index (χ1) is 15.0. The number of hydrogen-bond acceptors (Lipinski definition) is 5. The summed E-state index contributed by atoms with van der Waals surface area (Å²) in [5.74, 6) is -0.206. The number of para-hydroxylation sites is 1. The number of benzene rings is 1. The number of pyridine rings is 2. The van der Waals surface area contributed by atoms with Crippen LogP contribution in [-0.4, -0.2) is 33.3 Å². The van der Waals surface area contributed by atoms with Gasteiger partial charge in [-0.2, -0.15) is 13.2 Å². The molecule has 0 unspecified atom stereocenters. The summed E-state index contributed by atoms with van der Waals surface area (Å²) in [4.78, 5) is 21.5.